The van der Waals surface area contributed by atoms with Gasteiger partial charge in [0.1, 0.15) is 0 Å². The predicted molar refractivity (Wildman–Crippen MR) is 74.7 cm³/mol. The van der Waals surface area contributed by atoms with Crippen molar-refractivity contribution in [2.24, 2.45) is 5.84 Å². The number of nitrogens with zero attached hydrogens (tertiary/aromatic N) is 1. The SMILES string of the molecule is NNc1ncccc1C(=O)NCc1ccccc1Cl. The van der Waals surface area contributed by atoms with Crippen LogP contribution in [-0.2, 0) is 6.54 Å². The maximum atomic E-state index is 12.0. The van der Waals surface area contributed by atoms with Crippen LogP contribution in [0.4, 0.5) is 5.82 Å². The average molecular weight is 277 g/mol. The van der Waals surface area contributed by atoms with Gasteiger partial charge in [-0.05, 0) is 23.8 Å². The van der Waals surface area contributed by atoms with Crippen LogP contribution < -0.4 is 16.6 Å². The number of halogens is 1. The number of hydrogen-bond donors (Lipinski definition) is 3. The molecule has 0 saturated carbocycles. The Kier molecular flexibility index (Phi) is 4.33. The van der Waals surface area contributed by atoms with E-state index in [1.54, 1.807) is 24.4 Å². The number of pyridine rings is 1. The highest BCUT2D eigenvalue weighted by atomic mass is 35.5. The zero-order chi connectivity index (χ0) is 13.7. The van der Waals surface area contributed by atoms with Gasteiger partial charge in [-0.3, -0.25) is 4.79 Å². The number of hydrogen-bond acceptors (Lipinski definition) is 4. The quantitative estimate of drug-likeness (QED) is 0.589. The molecule has 0 radical (unpaired) electrons. The molecule has 2 aromatic rings. The van der Waals surface area contributed by atoms with E-state index in [0.717, 1.165) is 5.56 Å². The normalized spacial score (nSPS) is 10.0. The summed E-state index contributed by atoms with van der Waals surface area (Å²) in [6.45, 7) is 0.345. The molecule has 5 nitrogen and oxygen atoms in total. The molecule has 1 heterocycles. The second-order valence-electron chi connectivity index (χ2n) is 3.82. The molecule has 0 atom stereocenters. The fourth-order valence-corrected chi connectivity index (χ4v) is 1.82. The lowest BCUT2D eigenvalue weighted by molar-refractivity contribution is 0.0951. The summed E-state index contributed by atoms with van der Waals surface area (Å²) in [5, 5.41) is 3.39. The third-order valence-corrected chi connectivity index (χ3v) is 2.96. The standard InChI is InChI=1S/C13H13ClN4O/c14-11-6-2-1-4-9(11)8-17-13(19)10-5-3-7-16-12(10)18-15/h1-7H,8,15H2,(H,16,18)(H,17,19). The zero-order valence-electron chi connectivity index (χ0n) is 10.1. The van der Waals surface area contributed by atoms with E-state index in [1.807, 2.05) is 18.2 Å². The Morgan fingerprint density at radius 1 is 1.26 bits per heavy atom. The minimum absolute atomic E-state index is 0.263. The van der Waals surface area contributed by atoms with Crippen molar-refractivity contribution < 1.29 is 4.79 Å². The molecule has 0 fully saturated rings. The van der Waals surface area contributed by atoms with Crippen molar-refractivity contribution in [2.45, 2.75) is 6.54 Å². The van der Waals surface area contributed by atoms with Gasteiger partial charge in [-0.15, -0.1) is 0 Å². The van der Waals surface area contributed by atoms with Crippen LogP contribution in [0.1, 0.15) is 15.9 Å². The number of rotatable bonds is 4. The van der Waals surface area contributed by atoms with E-state index in [1.165, 1.54) is 0 Å². The molecule has 2 rings (SSSR count). The van der Waals surface area contributed by atoms with E-state index >= 15 is 0 Å². The first-order chi connectivity index (χ1) is 9.22. The first-order valence-corrected chi connectivity index (χ1v) is 6.03. The number of carbonyl (C=O) groups excluding carboxylic acids is 1. The van der Waals surface area contributed by atoms with Crippen molar-refractivity contribution in [2.75, 3.05) is 5.43 Å². The van der Waals surface area contributed by atoms with Gasteiger partial charge in [-0.25, -0.2) is 10.8 Å². The van der Waals surface area contributed by atoms with Crippen molar-refractivity contribution in [3.63, 3.8) is 0 Å². The van der Waals surface area contributed by atoms with Crippen molar-refractivity contribution in [3.05, 3.63) is 58.7 Å². The molecule has 0 bridgehead atoms. The predicted octanol–water partition coefficient (Wildman–Crippen LogP) is 1.95. The van der Waals surface area contributed by atoms with E-state index in [2.05, 4.69) is 15.7 Å². The first-order valence-electron chi connectivity index (χ1n) is 5.65. The number of nitrogens with two attached hydrogens (primary N) is 1. The van der Waals surface area contributed by atoms with Crippen molar-refractivity contribution in [1.29, 1.82) is 0 Å². The van der Waals surface area contributed by atoms with Crippen LogP contribution in [0.5, 0.6) is 0 Å². The summed E-state index contributed by atoms with van der Waals surface area (Å²) in [6, 6.07) is 10.7. The van der Waals surface area contributed by atoms with Crippen molar-refractivity contribution >= 4 is 23.3 Å². The van der Waals surface area contributed by atoms with E-state index in [0.29, 0.717) is 22.9 Å². The lowest BCUT2D eigenvalue weighted by Crippen LogP contribution is -2.25. The molecule has 0 aliphatic heterocycles. The smallest absolute Gasteiger partial charge is 0.255 e. The third-order valence-electron chi connectivity index (χ3n) is 2.59. The number of aromatic nitrogens is 1. The lowest BCUT2D eigenvalue weighted by Gasteiger charge is -2.09. The van der Waals surface area contributed by atoms with E-state index in [9.17, 15) is 4.79 Å². The Bertz CT molecular complexity index is 588. The van der Waals surface area contributed by atoms with Crippen LogP contribution in [0.2, 0.25) is 5.02 Å². The third kappa shape index (κ3) is 3.21. The van der Waals surface area contributed by atoms with E-state index < -0.39 is 0 Å². The summed E-state index contributed by atoms with van der Waals surface area (Å²) < 4.78 is 0. The molecule has 19 heavy (non-hydrogen) atoms. The second-order valence-corrected chi connectivity index (χ2v) is 4.23. The molecule has 6 heteroatoms. The summed E-state index contributed by atoms with van der Waals surface area (Å²) in [5.74, 6) is 5.38. The van der Waals surface area contributed by atoms with Gasteiger partial charge in [0.25, 0.3) is 5.91 Å². The fraction of sp³-hybridized carbons (Fsp3) is 0.0769. The molecular weight excluding hydrogens is 264 g/mol. The minimum atomic E-state index is -0.263. The summed E-state index contributed by atoms with van der Waals surface area (Å²) >= 11 is 6.02. The maximum absolute atomic E-state index is 12.0. The van der Waals surface area contributed by atoms with Crippen LogP contribution in [0, 0.1) is 0 Å². The van der Waals surface area contributed by atoms with Gasteiger partial charge in [0.2, 0.25) is 0 Å². The molecule has 0 aliphatic carbocycles. The zero-order valence-corrected chi connectivity index (χ0v) is 10.8. The average Bonchev–Trinajstić information content (AvgIpc) is 2.46. The number of nitrogen functional groups attached to an aromatic ring is 1. The summed E-state index contributed by atoms with van der Waals surface area (Å²) in [6.07, 6.45) is 1.56. The van der Waals surface area contributed by atoms with Gasteiger partial charge in [0.15, 0.2) is 5.82 Å². The lowest BCUT2D eigenvalue weighted by atomic mass is 10.2. The van der Waals surface area contributed by atoms with Gasteiger partial charge in [-0.2, -0.15) is 0 Å². The monoisotopic (exact) mass is 276 g/mol. The summed E-state index contributed by atoms with van der Waals surface area (Å²) in [7, 11) is 0. The molecule has 0 aliphatic rings. The van der Waals surface area contributed by atoms with Crippen LogP contribution in [0.15, 0.2) is 42.6 Å². The highest BCUT2D eigenvalue weighted by molar-refractivity contribution is 6.31. The summed E-state index contributed by atoms with van der Waals surface area (Å²) in [5.41, 5.74) is 3.62. The second kappa shape index (κ2) is 6.17. The number of carbonyl (C=O) groups is 1. The van der Waals surface area contributed by atoms with E-state index in [-0.39, 0.29) is 5.91 Å². The molecule has 0 saturated heterocycles. The highest BCUT2D eigenvalue weighted by Crippen LogP contribution is 2.15. The Labute approximate surface area is 115 Å². The summed E-state index contributed by atoms with van der Waals surface area (Å²) in [4.78, 5) is 16.0. The Morgan fingerprint density at radius 3 is 2.79 bits per heavy atom. The molecule has 0 spiro atoms. The van der Waals surface area contributed by atoms with Gasteiger partial charge < -0.3 is 10.7 Å². The number of benzene rings is 1. The van der Waals surface area contributed by atoms with Crippen LogP contribution in [0.25, 0.3) is 0 Å². The van der Waals surface area contributed by atoms with Crippen LogP contribution in [-0.4, -0.2) is 10.9 Å². The van der Waals surface area contributed by atoms with E-state index in [4.69, 9.17) is 17.4 Å². The molecule has 98 valence electrons. The topological polar surface area (TPSA) is 80.0 Å². The molecule has 1 aromatic carbocycles. The molecule has 4 N–H and O–H groups in total. The molecular formula is C13H13ClN4O. The Hall–Kier alpha value is -2.11. The number of hydrazine groups is 1. The molecule has 1 aromatic heterocycles. The van der Waals surface area contributed by atoms with Crippen molar-refractivity contribution in [3.8, 4) is 0 Å². The van der Waals surface area contributed by atoms with Gasteiger partial charge >= 0.3 is 0 Å². The maximum Gasteiger partial charge on any atom is 0.255 e. The number of nitrogens with one attached hydrogen (secondary N) is 2. The molecule has 1 amide bonds. The minimum Gasteiger partial charge on any atom is -0.348 e. The van der Waals surface area contributed by atoms with Crippen LogP contribution in [0.3, 0.4) is 0 Å². The van der Waals surface area contributed by atoms with Crippen molar-refractivity contribution in [1.82, 2.24) is 10.3 Å². The highest BCUT2D eigenvalue weighted by Gasteiger charge is 2.11. The largest absolute Gasteiger partial charge is 0.348 e. The molecule has 0 unspecified atom stereocenters. The Morgan fingerprint density at radius 2 is 2.05 bits per heavy atom. The number of amides is 1. The van der Waals surface area contributed by atoms with Gasteiger partial charge in [0, 0.05) is 17.8 Å². The number of anilines is 1. The fourth-order valence-electron chi connectivity index (χ4n) is 1.62. The first kappa shape index (κ1) is 13.3. The Balaban J connectivity index is 2.08. The van der Waals surface area contributed by atoms with Crippen LogP contribution >= 0.6 is 11.6 Å². The van der Waals surface area contributed by atoms with Gasteiger partial charge in [0.05, 0.1) is 5.56 Å². The van der Waals surface area contributed by atoms with Gasteiger partial charge in [-0.1, -0.05) is 29.8 Å².